The molecule has 0 saturated carbocycles. The van der Waals surface area contributed by atoms with Crippen molar-refractivity contribution in [3.8, 4) is 5.75 Å². The summed E-state index contributed by atoms with van der Waals surface area (Å²) in [6.45, 7) is 11.1. The Bertz CT molecular complexity index is 436. The van der Waals surface area contributed by atoms with Gasteiger partial charge < -0.3 is 9.47 Å². The third kappa shape index (κ3) is 4.93. The van der Waals surface area contributed by atoms with Crippen molar-refractivity contribution in [3.63, 3.8) is 0 Å². The lowest BCUT2D eigenvalue weighted by Crippen LogP contribution is -2.12. The van der Waals surface area contributed by atoms with Crippen LogP contribution in [0.4, 0.5) is 0 Å². The largest absolute Gasteiger partial charge is 0.493 e. The van der Waals surface area contributed by atoms with E-state index in [-0.39, 0.29) is 12.4 Å². The summed E-state index contributed by atoms with van der Waals surface area (Å²) in [7, 11) is 0. The highest BCUT2D eigenvalue weighted by Crippen LogP contribution is 2.26. The lowest BCUT2D eigenvalue weighted by atomic mass is 10.0. The second-order valence-electron chi connectivity index (χ2n) is 5.26. The zero-order chi connectivity index (χ0) is 14.4. The van der Waals surface area contributed by atoms with Gasteiger partial charge in [-0.05, 0) is 32.3 Å². The molecule has 19 heavy (non-hydrogen) atoms. The minimum atomic E-state index is -0.207. The number of carbonyl (C=O) groups is 1. The van der Waals surface area contributed by atoms with Gasteiger partial charge in [0, 0.05) is 5.56 Å². The number of hydrogen-bond donors (Lipinski definition) is 0. The van der Waals surface area contributed by atoms with Gasteiger partial charge in [-0.2, -0.15) is 0 Å². The molecule has 3 heteroatoms. The maximum absolute atomic E-state index is 11.6. The summed E-state index contributed by atoms with van der Waals surface area (Å²) in [4.78, 5) is 11.6. The second kappa shape index (κ2) is 7.17. The zero-order valence-electron chi connectivity index (χ0n) is 12.6. The van der Waals surface area contributed by atoms with Crippen molar-refractivity contribution >= 4 is 5.97 Å². The molecule has 0 heterocycles. The van der Waals surface area contributed by atoms with Crippen LogP contribution in [0.25, 0.3) is 0 Å². The van der Waals surface area contributed by atoms with E-state index in [0.717, 1.165) is 22.4 Å². The van der Waals surface area contributed by atoms with Crippen molar-refractivity contribution in [2.45, 2.75) is 41.0 Å². The molecule has 0 N–H and O–H groups in total. The molecular weight excluding hydrogens is 240 g/mol. The zero-order valence-corrected chi connectivity index (χ0v) is 12.6. The van der Waals surface area contributed by atoms with E-state index in [4.69, 9.17) is 9.47 Å². The number of rotatable bonds is 6. The third-order valence-corrected chi connectivity index (χ3v) is 2.70. The smallest absolute Gasteiger partial charge is 0.310 e. The average molecular weight is 264 g/mol. The number of benzene rings is 1. The first-order valence-corrected chi connectivity index (χ1v) is 6.82. The van der Waals surface area contributed by atoms with Crippen LogP contribution < -0.4 is 4.74 Å². The van der Waals surface area contributed by atoms with Crippen molar-refractivity contribution in [2.24, 2.45) is 5.92 Å². The fourth-order valence-electron chi connectivity index (χ4n) is 2.00. The maximum atomic E-state index is 11.6. The molecular formula is C16H24O3. The van der Waals surface area contributed by atoms with Gasteiger partial charge in [-0.15, -0.1) is 0 Å². The SMILES string of the molecule is CCOC(=O)Cc1cc(C)cc(C)c1OCC(C)C. The fraction of sp³-hybridized carbons (Fsp3) is 0.562. The normalized spacial score (nSPS) is 10.6. The highest BCUT2D eigenvalue weighted by atomic mass is 16.5. The van der Waals surface area contributed by atoms with Crippen LogP contribution in [0.5, 0.6) is 5.75 Å². The first-order valence-electron chi connectivity index (χ1n) is 6.82. The molecule has 0 fully saturated rings. The van der Waals surface area contributed by atoms with Crippen LogP contribution >= 0.6 is 0 Å². The Kier molecular flexibility index (Phi) is 5.87. The molecule has 0 aliphatic carbocycles. The molecule has 0 saturated heterocycles. The summed E-state index contributed by atoms with van der Waals surface area (Å²) in [5.41, 5.74) is 3.12. The highest BCUT2D eigenvalue weighted by Gasteiger charge is 2.13. The molecule has 0 aliphatic rings. The Morgan fingerprint density at radius 1 is 1.26 bits per heavy atom. The topological polar surface area (TPSA) is 35.5 Å². The number of esters is 1. The molecule has 1 rings (SSSR count). The Hall–Kier alpha value is -1.51. The van der Waals surface area contributed by atoms with Gasteiger partial charge in [-0.1, -0.05) is 31.5 Å². The van der Waals surface area contributed by atoms with Crippen LogP contribution in [0, 0.1) is 19.8 Å². The summed E-state index contributed by atoms with van der Waals surface area (Å²) in [5.74, 6) is 1.07. The quantitative estimate of drug-likeness (QED) is 0.738. The van der Waals surface area contributed by atoms with Gasteiger partial charge >= 0.3 is 5.97 Å². The van der Waals surface area contributed by atoms with E-state index in [9.17, 15) is 4.79 Å². The van der Waals surface area contributed by atoms with E-state index >= 15 is 0 Å². The van der Waals surface area contributed by atoms with Gasteiger partial charge in [0.25, 0.3) is 0 Å². The van der Waals surface area contributed by atoms with Gasteiger partial charge in [0.2, 0.25) is 0 Å². The number of hydrogen-bond acceptors (Lipinski definition) is 3. The molecule has 0 spiro atoms. The second-order valence-corrected chi connectivity index (χ2v) is 5.26. The lowest BCUT2D eigenvalue weighted by molar-refractivity contribution is -0.142. The lowest BCUT2D eigenvalue weighted by Gasteiger charge is -2.16. The minimum Gasteiger partial charge on any atom is -0.493 e. The minimum absolute atomic E-state index is 0.207. The molecule has 0 radical (unpaired) electrons. The molecule has 106 valence electrons. The van der Waals surface area contributed by atoms with Crippen molar-refractivity contribution in [2.75, 3.05) is 13.2 Å². The van der Waals surface area contributed by atoms with Gasteiger partial charge in [-0.3, -0.25) is 4.79 Å². The van der Waals surface area contributed by atoms with Crippen molar-refractivity contribution in [1.82, 2.24) is 0 Å². The summed E-state index contributed by atoms with van der Waals surface area (Å²) in [6, 6.07) is 4.07. The van der Waals surface area contributed by atoms with Crippen LogP contribution in [0.3, 0.4) is 0 Å². The molecule has 0 amide bonds. The molecule has 0 atom stereocenters. The van der Waals surface area contributed by atoms with Crippen LogP contribution in [0.2, 0.25) is 0 Å². The number of carbonyl (C=O) groups excluding carboxylic acids is 1. The molecule has 1 aromatic carbocycles. The predicted octanol–water partition coefficient (Wildman–Crippen LogP) is 3.44. The Balaban J connectivity index is 2.95. The average Bonchev–Trinajstić information content (AvgIpc) is 2.27. The van der Waals surface area contributed by atoms with Crippen molar-refractivity contribution in [3.05, 3.63) is 28.8 Å². The van der Waals surface area contributed by atoms with E-state index in [0.29, 0.717) is 19.1 Å². The van der Waals surface area contributed by atoms with E-state index in [1.807, 2.05) is 26.8 Å². The molecule has 0 aromatic heterocycles. The van der Waals surface area contributed by atoms with E-state index in [2.05, 4.69) is 19.9 Å². The maximum Gasteiger partial charge on any atom is 0.310 e. The van der Waals surface area contributed by atoms with Gasteiger partial charge in [0.05, 0.1) is 19.6 Å². The summed E-state index contributed by atoms with van der Waals surface area (Å²) >= 11 is 0. The van der Waals surface area contributed by atoms with Crippen molar-refractivity contribution in [1.29, 1.82) is 0 Å². The molecule has 1 aromatic rings. The van der Waals surface area contributed by atoms with Gasteiger partial charge in [-0.25, -0.2) is 0 Å². The predicted molar refractivity (Wildman–Crippen MR) is 76.6 cm³/mol. The van der Waals surface area contributed by atoms with Gasteiger partial charge in [0.1, 0.15) is 5.75 Å². The molecule has 0 unspecified atom stereocenters. The molecule has 0 aliphatic heterocycles. The fourth-order valence-corrected chi connectivity index (χ4v) is 2.00. The van der Waals surface area contributed by atoms with Crippen LogP contribution in [-0.4, -0.2) is 19.2 Å². The Morgan fingerprint density at radius 3 is 2.53 bits per heavy atom. The van der Waals surface area contributed by atoms with E-state index < -0.39 is 0 Å². The Labute approximate surface area is 115 Å². The van der Waals surface area contributed by atoms with Crippen molar-refractivity contribution < 1.29 is 14.3 Å². The standard InChI is InChI=1S/C16H24O3/c1-6-18-15(17)9-14-8-12(4)7-13(5)16(14)19-10-11(2)3/h7-8,11H,6,9-10H2,1-5H3. The number of aryl methyl sites for hydroxylation is 2. The molecule has 3 nitrogen and oxygen atoms in total. The van der Waals surface area contributed by atoms with Crippen LogP contribution in [0.1, 0.15) is 37.5 Å². The first kappa shape index (κ1) is 15.5. The van der Waals surface area contributed by atoms with Crippen LogP contribution in [0.15, 0.2) is 12.1 Å². The third-order valence-electron chi connectivity index (χ3n) is 2.70. The van der Waals surface area contributed by atoms with E-state index in [1.165, 1.54) is 0 Å². The summed E-state index contributed by atoms with van der Waals surface area (Å²) in [5, 5.41) is 0. The molecule has 0 bridgehead atoms. The monoisotopic (exact) mass is 264 g/mol. The summed E-state index contributed by atoms with van der Waals surface area (Å²) in [6.07, 6.45) is 0.268. The highest BCUT2D eigenvalue weighted by molar-refractivity contribution is 5.74. The Morgan fingerprint density at radius 2 is 1.95 bits per heavy atom. The van der Waals surface area contributed by atoms with E-state index in [1.54, 1.807) is 0 Å². The van der Waals surface area contributed by atoms with Gasteiger partial charge in [0.15, 0.2) is 0 Å². The van der Waals surface area contributed by atoms with Crippen LogP contribution in [-0.2, 0) is 16.0 Å². The first-order chi connectivity index (χ1) is 8.93. The summed E-state index contributed by atoms with van der Waals surface area (Å²) < 4.78 is 10.9. The number of ether oxygens (including phenoxy) is 2.